The summed E-state index contributed by atoms with van der Waals surface area (Å²) in [6.07, 6.45) is 5.61. The molecular formula is C10H30N2O4P2. The largest absolute Gasteiger partial charge is 0.346 e. The summed E-state index contributed by atoms with van der Waals surface area (Å²) >= 11 is 0. The van der Waals surface area contributed by atoms with E-state index in [1.807, 2.05) is 0 Å². The van der Waals surface area contributed by atoms with E-state index in [0.717, 1.165) is 25.9 Å². The van der Waals surface area contributed by atoms with E-state index in [2.05, 4.69) is 0 Å². The van der Waals surface area contributed by atoms with Crippen LogP contribution in [-0.4, -0.2) is 35.2 Å². The highest BCUT2D eigenvalue weighted by Gasteiger charge is 1.83. The van der Waals surface area contributed by atoms with Crippen LogP contribution in [0.15, 0.2) is 0 Å². The van der Waals surface area contributed by atoms with Gasteiger partial charge in [-0.25, -0.2) is 0 Å². The van der Waals surface area contributed by atoms with Gasteiger partial charge in [-0.3, -0.25) is 9.13 Å². The molecule has 0 fully saturated rings. The molecule has 0 saturated carbocycles. The van der Waals surface area contributed by atoms with Gasteiger partial charge < -0.3 is 21.3 Å². The van der Waals surface area contributed by atoms with Gasteiger partial charge in [0.25, 0.3) is 0 Å². The summed E-state index contributed by atoms with van der Waals surface area (Å²) in [4.78, 5) is 15.8. The van der Waals surface area contributed by atoms with Crippen molar-refractivity contribution in [3.05, 3.63) is 0 Å². The van der Waals surface area contributed by atoms with Gasteiger partial charge in [0.05, 0.1) is 0 Å². The van der Waals surface area contributed by atoms with Gasteiger partial charge >= 0.3 is 0 Å². The van der Waals surface area contributed by atoms with Gasteiger partial charge in [-0.1, -0.05) is 26.7 Å². The first-order valence-corrected chi connectivity index (χ1v) is 9.42. The minimum atomic E-state index is -2.12. The molecule has 0 saturated heterocycles. The van der Waals surface area contributed by atoms with E-state index < -0.39 is 16.1 Å². The third-order valence-corrected chi connectivity index (χ3v) is 2.97. The molecule has 2 unspecified atom stereocenters. The Kier molecular flexibility index (Phi) is 29.2. The molecule has 114 valence electrons. The van der Waals surface area contributed by atoms with Crippen LogP contribution >= 0.6 is 16.1 Å². The maximum Gasteiger partial charge on any atom is 0.188 e. The Morgan fingerprint density at radius 3 is 1.11 bits per heavy atom. The van der Waals surface area contributed by atoms with E-state index in [4.69, 9.17) is 21.3 Å². The molecule has 2 atom stereocenters. The molecule has 6 nitrogen and oxygen atoms in total. The number of hydrogen-bond acceptors (Lipinski definition) is 4. The number of unbranched alkanes of at least 4 members (excludes halogenated alkanes) is 3. The smallest absolute Gasteiger partial charge is 0.188 e. The van der Waals surface area contributed by atoms with Gasteiger partial charge in [0, 0.05) is 12.3 Å². The molecule has 0 aromatic rings. The van der Waals surface area contributed by atoms with Crippen LogP contribution < -0.4 is 11.5 Å². The van der Waals surface area contributed by atoms with Crippen molar-refractivity contribution in [2.24, 2.45) is 11.5 Å². The Morgan fingerprint density at radius 2 is 1.00 bits per heavy atom. The van der Waals surface area contributed by atoms with E-state index in [1.165, 1.54) is 12.8 Å². The second-order valence-electron chi connectivity index (χ2n) is 3.49. The third kappa shape index (κ3) is 44.1. The van der Waals surface area contributed by atoms with E-state index in [-0.39, 0.29) is 0 Å². The summed E-state index contributed by atoms with van der Waals surface area (Å²) in [6, 6.07) is 0. The molecule has 0 aromatic carbocycles. The van der Waals surface area contributed by atoms with Gasteiger partial charge in [0.1, 0.15) is 0 Å². The Bertz CT molecular complexity index is 175. The standard InChI is InChI=1S/C6H16N2.2C2H7O2P/c7-5-3-1-2-4-6-8;2*1-2-5(3)4/h1-8H2;2*5H,2H2,1H3,(H,3,4). The molecule has 18 heavy (non-hydrogen) atoms. The van der Waals surface area contributed by atoms with E-state index in [0.29, 0.717) is 12.3 Å². The number of rotatable bonds is 7. The van der Waals surface area contributed by atoms with Crippen LogP contribution in [-0.2, 0) is 9.13 Å². The van der Waals surface area contributed by atoms with Crippen molar-refractivity contribution in [2.75, 3.05) is 25.4 Å². The highest BCUT2D eigenvalue weighted by atomic mass is 31.1. The molecule has 0 aromatic heterocycles. The maximum absolute atomic E-state index is 9.55. The zero-order valence-electron chi connectivity index (χ0n) is 11.5. The first kappa shape index (κ1) is 23.4. The first-order chi connectivity index (χ1) is 8.45. The predicted molar refractivity (Wildman–Crippen MR) is 80.1 cm³/mol. The average molecular weight is 304 g/mol. The fourth-order valence-corrected chi connectivity index (χ4v) is 0.642. The molecule has 0 amide bonds. The van der Waals surface area contributed by atoms with Crippen molar-refractivity contribution in [1.29, 1.82) is 0 Å². The molecule has 0 aliphatic heterocycles. The lowest BCUT2D eigenvalue weighted by Gasteiger charge is -1.94. The van der Waals surface area contributed by atoms with Gasteiger partial charge in [-0.15, -0.1) is 0 Å². The summed E-state index contributed by atoms with van der Waals surface area (Å²) in [7, 11) is -4.25. The third-order valence-electron chi connectivity index (χ3n) is 1.76. The average Bonchev–Trinajstić information content (AvgIpc) is 2.36. The Balaban J connectivity index is -0.000000197. The monoisotopic (exact) mass is 304 g/mol. The molecule has 0 radical (unpaired) electrons. The maximum atomic E-state index is 9.55. The van der Waals surface area contributed by atoms with Crippen molar-refractivity contribution in [1.82, 2.24) is 0 Å². The Labute approximate surface area is 112 Å². The summed E-state index contributed by atoms with van der Waals surface area (Å²) in [6.45, 7) is 5.01. The topological polar surface area (TPSA) is 127 Å². The van der Waals surface area contributed by atoms with Crippen molar-refractivity contribution in [3.8, 4) is 0 Å². The lowest BCUT2D eigenvalue weighted by molar-refractivity contribution is 0.503. The summed E-state index contributed by atoms with van der Waals surface area (Å²) in [5.74, 6) is 0. The zero-order valence-corrected chi connectivity index (χ0v) is 13.5. The molecule has 0 aliphatic rings. The molecular weight excluding hydrogens is 274 g/mol. The lowest BCUT2D eigenvalue weighted by atomic mass is 10.2. The van der Waals surface area contributed by atoms with E-state index >= 15 is 0 Å². The van der Waals surface area contributed by atoms with Crippen molar-refractivity contribution in [2.45, 2.75) is 39.5 Å². The van der Waals surface area contributed by atoms with E-state index in [1.54, 1.807) is 13.8 Å². The molecule has 0 aliphatic carbocycles. The minimum Gasteiger partial charge on any atom is -0.346 e. The fraction of sp³-hybridized carbons (Fsp3) is 1.00. The van der Waals surface area contributed by atoms with Crippen LogP contribution in [0, 0.1) is 0 Å². The molecule has 0 rings (SSSR count). The number of hydrogen-bond donors (Lipinski definition) is 4. The van der Waals surface area contributed by atoms with Gasteiger partial charge in [0.15, 0.2) is 16.1 Å². The molecule has 0 bridgehead atoms. The summed E-state index contributed by atoms with van der Waals surface area (Å²) < 4.78 is 19.1. The predicted octanol–water partition coefficient (Wildman–Crippen LogP) is 1.41. The summed E-state index contributed by atoms with van der Waals surface area (Å²) in [5.41, 5.74) is 10.6. The quantitative estimate of drug-likeness (QED) is 0.416. The van der Waals surface area contributed by atoms with Crippen LogP contribution in [0.3, 0.4) is 0 Å². The van der Waals surface area contributed by atoms with Gasteiger partial charge in [-0.2, -0.15) is 0 Å². The van der Waals surface area contributed by atoms with Crippen LogP contribution in [0.1, 0.15) is 39.5 Å². The second kappa shape index (κ2) is 22.5. The zero-order chi connectivity index (χ0) is 14.8. The highest BCUT2D eigenvalue weighted by molar-refractivity contribution is 7.38. The van der Waals surface area contributed by atoms with Crippen molar-refractivity contribution < 1.29 is 18.9 Å². The molecule has 6 N–H and O–H groups in total. The fourth-order valence-electron chi connectivity index (χ4n) is 0.642. The molecule has 0 spiro atoms. The van der Waals surface area contributed by atoms with E-state index in [9.17, 15) is 9.13 Å². The van der Waals surface area contributed by atoms with Gasteiger partial charge in [-0.05, 0) is 25.9 Å². The van der Waals surface area contributed by atoms with Crippen LogP contribution in [0.25, 0.3) is 0 Å². The number of nitrogens with two attached hydrogens (primary N) is 2. The van der Waals surface area contributed by atoms with Crippen LogP contribution in [0.4, 0.5) is 0 Å². The normalized spacial score (nSPS) is 12.6. The van der Waals surface area contributed by atoms with Gasteiger partial charge in [0.2, 0.25) is 0 Å². The van der Waals surface area contributed by atoms with Crippen LogP contribution in [0.2, 0.25) is 0 Å². The minimum absolute atomic E-state index is 0.407. The second-order valence-corrected chi connectivity index (χ2v) is 6.48. The molecule has 8 heteroatoms. The molecule has 0 heterocycles. The summed E-state index contributed by atoms with van der Waals surface area (Å²) in [5, 5.41) is 0. The lowest BCUT2D eigenvalue weighted by Crippen LogP contribution is -2.00. The Hall–Kier alpha value is 0.300. The SMILES string of the molecule is CC[PH](=O)O.CC[PH](=O)O.NCCCCCCN. The van der Waals surface area contributed by atoms with Crippen molar-refractivity contribution in [3.63, 3.8) is 0 Å². The highest BCUT2D eigenvalue weighted by Crippen LogP contribution is 2.08. The Morgan fingerprint density at radius 1 is 0.778 bits per heavy atom. The first-order valence-electron chi connectivity index (χ1n) is 6.29. The van der Waals surface area contributed by atoms with Crippen molar-refractivity contribution >= 4 is 16.1 Å². The van der Waals surface area contributed by atoms with Crippen LogP contribution in [0.5, 0.6) is 0 Å².